The van der Waals surface area contributed by atoms with Crippen molar-refractivity contribution in [2.75, 3.05) is 33.9 Å². The van der Waals surface area contributed by atoms with Gasteiger partial charge in [-0.2, -0.15) is 0 Å². The Bertz CT molecular complexity index is 921. The molecule has 1 saturated carbocycles. The molecule has 1 aliphatic carbocycles. The van der Waals surface area contributed by atoms with Crippen LogP contribution in [0.25, 0.3) is 0 Å². The number of phenolic OH excluding ortho intramolecular Hbond substituents is 1. The normalized spacial score (nSPS) is 19.7. The summed E-state index contributed by atoms with van der Waals surface area (Å²) in [7, 11) is 3.30. The predicted molar refractivity (Wildman–Crippen MR) is 119 cm³/mol. The number of benzene rings is 2. The summed E-state index contributed by atoms with van der Waals surface area (Å²) in [6, 6.07) is 13.3. The van der Waals surface area contributed by atoms with E-state index in [0.29, 0.717) is 18.8 Å². The molecular weight excluding hydrogens is 392 g/mol. The van der Waals surface area contributed by atoms with Gasteiger partial charge < -0.3 is 19.9 Å². The van der Waals surface area contributed by atoms with Gasteiger partial charge in [0.2, 0.25) is 5.91 Å². The molecule has 6 nitrogen and oxygen atoms in total. The number of rotatable bonds is 8. The summed E-state index contributed by atoms with van der Waals surface area (Å²) in [4.78, 5) is 15.0. The highest BCUT2D eigenvalue weighted by Crippen LogP contribution is 2.59. The average molecular weight is 425 g/mol. The standard InChI is InChI=1S/C25H32N2O4/c1-30-20-5-3-4-18(14-20)8-11-26-24(29)22-16-25(22)9-12-27(13-10-25)17-19-15-21(31-2)6-7-23(19)28/h3-7,14-15,22,28H,8-13,16-17H2,1-2H3,(H,26,29). The van der Waals surface area contributed by atoms with Gasteiger partial charge >= 0.3 is 0 Å². The molecule has 1 saturated heterocycles. The third kappa shape index (κ3) is 4.96. The van der Waals surface area contributed by atoms with E-state index in [2.05, 4.69) is 16.3 Å². The minimum absolute atomic E-state index is 0.144. The maximum atomic E-state index is 12.7. The highest BCUT2D eigenvalue weighted by atomic mass is 16.5. The van der Waals surface area contributed by atoms with Gasteiger partial charge in [0, 0.05) is 24.6 Å². The van der Waals surface area contributed by atoms with Crippen molar-refractivity contribution in [3.8, 4) is 17.2 Å². The van der Waals surface area contributed by atoms with E-state index in [1.807, 2.05) is 24.3 Å². The molecule has 0 bridgehead atoms. The Morgan fingerprint density at radius 1 is 1.13 bits per heavy atom. The van der Waals surface area contributed by atoms with Crippen LogP contribution in [0.4, 0.5) is 0 Å². The Labute approximate surface area is 184 Å². The molecule has 1 amide bonds. The SMILES string of the molecule is COc1cccc(CCNC(=O)C2CC23CCN(Cc2cc(OC)ccc2O)CC3)c1. The number of carbonyl (C=O) groups excluding carboxylic acids is 1. The molecule has 1 aliphatic heterocycles. The molecule has 2 aromatic rings. The quantitative estimate of drug-likeness (QED) is 0.680. The fourth-order valence-corrected chi connectivity index (χ4v) is 4.77. The van der Waals surface area contributed by atoms with Crippen LogP contribution in [0.2, 0.25) is 0 Å². The van der Waals surface area contributed by atoms with E-state index in [9.17, 15) is 9.90 Å². The number of phenols is 1. The second-order valence-electron chi connectivity index (χ2n) is 8.78. The lowest BCUT2D eigenvalue weighted by atomic mass is 9.90. The third-order valence-corrected chi connectivity index (χ3v) is 6.89. The first kappa shape index (κ1) is 21.5. The highest BCUT2D eigenvalue weighted by Gasteiger charge is 2.58. The number of carbonyl (C=O) groups is 1. The van der Waals surface area contributed by atoms with Gasteiger partial charge in [-0.05, 0) is 80.1 Å². The van der Waals surface area contributed by atoms with Gasteiger partial charge in [0.25, 0.3) is 0 Å². The molecule has 2 aromatic carbocycles. The zero-order valence-electron chi connectivity index (χ0n) is 18.4. The van der Waals surface area contributed by atoms with E-state index in [4.69, 9.17) is 9.47 Å². The Kier molecular flexibility index (Phi) is 6.37. The van der Waals surface area contributed by atoms with Gasteiger partial charge in [0.05, 0.1) is 14.2 Å². The van der Waals surface area contributed by atoms with Crippen molar-refractivity contribution >= 4 is 5.91 Å². The van der Waals surface area contributed by atoms with E-state index in [1.165, 1.54) is 5.56 Å². The number of ether oxygens (including phenoxy) is 2. The zero-order chi connectivity index (χ0) is 21.8. The second-order valence-corrected chi connectivity index (χ2v) is 8.78. The smallest absolute Gasteiger partial charge is 0.223 e. The first-order chi connectivity index (χ1) is 15.0. The van der Waals surface area contributed by atoms with Crippen LogP contribution in [0, 0.1) is 11.3 Å². The van der Waals surface area contributed by atoms with Crippen molar-refractivity contribution in [3.05, 3.63) is 53.6 Å². The fraction of sp³-hybridized carbons (Fsp3) is 0.480. The molecule has 4 rings (SSSR count). The summed E-state index contributed by atoms with van der Waals surface area (Å²) in [6.07, 6.45) is 3.87. The molecule has 166 valence electrons. The van der Waals surface area contributed by atoms with Crippen molar-refractivity contribution in [3.63, 3.8) is 0 Å². The van der Waals surface area contributed by atoms with Crippen LogP contribution < -0.4 is 14.8 Å². The number of aromatic hydroxyl groups is 1. The van der Waals surface area contributed by atoms with E-state index in [1.54, 1.807) is 26.4 Å². The number of nitrogens with zero attached hydrogens (tertiary/aromatic N) is 1. The van der Waals surface area contributed by atoms with Crippen LogP contribution in [0.15, 0.2) is 42.5 Å². The molecule has 1 atom stereocenters. The maximum Gasteiger partial charge on any atom is 0.223 e. The van der Waals surface area contributed by atoms with E-state index >= 15 is 0 Å². The summed E-state index contributed by atoms with van der Waals surface area (Å²) in [5.41, 5.74) is 2.23. The summed E-state index contributed by atoms with van der Waals surface area (Å²) in [5, 5.41) is 13.3. The minimum Gasteiger partial charge on any atom is -0.508 e. The minimum atomic E-state index is 0.144. The van der Waals surface area contributed by atoms with Crippen molar-refractivity contribution in [1.29, 1.82) is 0 Å². The lowest BCUT2D eigenvalue weighted by Gasteiger charge is -2.33. The Morgan fingerprint density at radius 3 is 2.61 bits per heavy atom. The van der Waals surface area contributed by atoms with Crippen molar-refractivity contribution in [2.24, 2.45) is 11.3 Å². The average Bonchev–Trinajstić information content (AvgIpc) is 3.50. The second kappa shape index (κ2) is 9.18. The van der Waals surface area contributed by atoms with Crippen molar-refractivity contribution in [2.45, 2.75) is 32.2 Å². The van der Waals surface area contributed by atoms with Gasteiger partial charge in [-0.25, -0.2) is 0 Å². The maximum absolute atomic E-state index is 12.7. The van der Waals surface area contributed by atoms with Crippen LogP contribution in [0.5, 0.6) is 17.2 Å². The lowest BCUT2D eigenvalue weighted by molar-refractivity contribution is -0.123. The van der Waals surface area contributed by atoms with Crippen molar-refractivity contribution < 1.29 is 19.4 Å². The number of piperidine rings is 1. The van der Waals surface area contributed by atoms with Crippen LogP contribution in [-0.4, -0.2) is 49.8 Å². The monoisotopic (exact) mass is 424 g/mol. The largest absolute Gasteiger partial charge is 0.508 e. The number of amides is 1. The van der Waals surface area contributed by atoms with E-state index < -0.39 is 0 Å². The molecule has 2 aliphatic rings. The Hall–Kier alpha value is -2.73. The van der Waals surface area contributed by atoms with Gasteiger partial charge in [-0.1, -0.05) is 12.1 Å². The van der Waals surface area contributed by atoms with Crippen LogP contribution >= 0.6 is 0 Å². The molecule has 2 fully saturated rings. The third-order valence-electron chi connectivity index (χ3n) is 6.89. The molecule has 1 heterocycles. The van der Waals surface area contributed by atoms with Gasteiger partial charge in [-0.3, -0.25) is 9.69 Å². The van der Waals surface area contributed by atoms with E-state index in [0.717, 1.165) is 55.8 Å². The number of hydrogen-bond acceptors (Lipinski definition) is 5. The Morgan fingerprint density at radius 2 is 1.87 bits per heavy atom. The van der Waals surface area contributed by atoms with Gasteiger partial charge in [0.1, 0.15) is 17.2 Å². The topological polar surface area (TPSA) is 71.0 Å². The summed E-state index contributed by atoms with van der Waals surface area (Å²) < 4.78 is 10.5. The molecule has 1 unspecified atom stereocenters. The van der Waals surface area contributed by atoms with Crippen LogP contribution in [0.3, 0.4) is 0 Å². The molecule has 6 heteroatoms. The van der Waals surface area contributed by atoms with Crippen LogP contribution in [0.1, 0.15) is 30.4 Å². The number of nitrogens with one attached hydrogen (secondary N) is 1. The van der Waals surface area contributed by atoms with Gasteiger partial charge in [0.15, 0.2) is 0 Å². The number of likely N-dealkylation sites (tertiary alicyclic amines) is 1. The van der Waals surface area contributed by atoms with E-state index in [-0.39, 0.29) is 17.2 Å². The molecule has 1 spiro atoms. The molecule has 0 aromatic heterocycles. The molecule has 2 N–H and O–H groups in total. The molecule has 31 heavy (non-hydrogen) atoms. The zero-order valence-corrected chi connectivity index (χ0v) is 18.4. The fourth-order valence-electron chi connectivity index (χ4n) is 4.77. The summed E-state index contributed by atoms with van der Waals surface area (Å²) in [6.45, 7) is 3.25. The van der Waals surface area contributed by atoms with Crippen molar-refractivity contribution in [1.82, 2.24) is 10.2 Å². The number of methoxy groups -OCH3 is 2. The van der Waals surface area contributed by atoms with Gasteiger partial charge in [-0.15, -0.1) is 0 Å². The summed E-state index contributed by atoms with van der Waals surface area (Å²) >= 11 is 0. The molecule has 0 radical (unpaired) electrons. The predicted octanol–water partition coefficient (Wildman–Crippen LogP) is 3.37. The lowest BCUT2D eigenvalue weighted by Crippen LogP contribution is -2.37. The van der Waals surface area contributed by atoms with Crippen LogP contribution in [-0.2, 0) is 17.8 Å². The highest BCUT2D eigenvalue weighted by molar-refractivity contribution is 5.82. The number of hydrogen-bond donors (Lipinski definition) is 2. The first-order valence-electron chi connectivity index (χ1n) is 11.0. The Balaban J connectivity index is 1.22. The molecular formula is C25H32N2O4. The first-order valence-corrected chi connectivity index (χ1v) is 11.0. The summed E-state index contributed by atoms with van der Waals surface area (Å²) in [5.74, 6) is 2.25.